The van der Waals surface area contributed by atoms with Gasteiger partial charge in [-0.3, -0.25) is 19.5 Å². The van der Waals surface area contributed by atoms with Crippen molar-refractivity contribution in [2.24, 2.45) is 0 Å². The number of Topliss-reactive ketones (excluding diaryl/α,β-unsaturated/α-hetero) is 2. The van der Waals surface area contributed by atoms with E-state index < -0.39 is 18.4 Å². The summed E-state index contributed by atoms with van der Waals surface area (Å²) < 4.78 is 39.8. The summed E-state index contributed by atoms with van der Waals surface area (Å²) in [4.78, 5) is 34.8. The summed E-state index contributed by atoms with van der Waals surface area (Å²) in [5.74, 6) is -1.84. The molecule has 0 N–H and O–H groups in total. The Labute approximate surface area is 201 Å². The molecular formula is C26H25F3N4O2. The SMILES string of the molecule is [C-]#[N+]c1ccc(-n2c(C)c(C(=O)CN3CCCCC3)c3ncc(CCC(=O)C(F)(F)F)cc32)cc1. The van der Waals surface area contributed by atoms with Crippen molar-refractivity contribution in [3.8, 4) is 5.69 Å². The molecule has 0 bridgehead atoms. The standard InChI is InChI=1S/C26H25F3N4O2/c1-17-24(22(34)16-32-12-4-3-5-13-32)25-21(33(17)20-9-7-19(30-2)8-10-20)14-18(15-31-25)6-11-23(35)26(27,28)29/h7-10,14-15H,3-6,11-13,16H2,1H3. The van der Waals surface area contributed by atoms with E-state index in [9.17, 15) is 22.8 Å². The number of carbonyl (C=O) groups excluding carboxylic acids is 2. The highest BCUT2D eigenvalue weighted by atomic mass is 19.4. The molecule has 0 atom stereocenters. The van der Waals surface area contributed by atoms with Crippen LogP contribution in [0.15, 0.2) is 36.5 Å². The lowest BCUT2D eigenvalue weighted by Crippen LogP contribution is -2.34. The van der Waals surface area contributed by atoms with E-state index in [-0.39, 0.29) is 18.7 Å². The van der Waals surface area contributed by atoms with Crippen LogP contribution < -0.4 is 0 Å². The van der Waals surface area contributed by atoms with Crippen LogP contribution in [0.3, 0.4) is 0 Å². The molecule has 182 valence electrons. The van der Waals surface area contributed by atoms with Gasteiger partial charge >= 0.3 is 6.18 Å². The minimum atomic E-state index is -4.87. The van der Waals surface area contributed by atoms with Gasteiger partial charge in [0.2, 0.25) is 5.78 Å². The van der Waals surface area contributed by atoms with Crippen LogP contribution in [0.4, 0.5) is 18.9 Å². The first-order chi connectivity index (χ1) is 16.7. The molecule has 2 aromatic heterocycles. The van der Waals surface area contributed by atoms with E-state index >= 15 is 0 Å². The van der Waals surface area contributed by atoms with Gasteiger partial charge in [-0.05, 0) is 63.0 Å². The van der Waals surface area contributed by atoms with Crippen LogP contribution in [-0.4, -0.2) is 51.8 Å². The zero-order valence-electron chi connectivity index (χ0n) is 19.4. The van der Waals surface area contributed by atoms with Crippen molar-refractivity contribution in [2.75, 3.05) is 19.6 Å². The van der Waals surface area contributed by atoms with Gasteiger partial charge in [-0.2, -0.15) is 13.2 Å². The number of benzene rings is 1. The fourth-order valence-electron chi connectivity index (χ4n) is 4.60. The topological polar surface area (TPSA) is 59.6 Å². The molecule has 0 unspecified atom stereocenters. The maximum absolute atomic E-state index is 13.4. The summed E-state index contributed by atoms with van der Waals surface area (Å²) in [5, 5.41) is 0. The van der Waals surface area contributed by atoms with Gasteiger partial charge in [0.15, 0.2) is 11.5 Å². The maximum Gasteiger partial charge on any atom is 0.449 e. The lowest BCUT2D eigenvalue weighted by atomic mass is 10.1. The summed E-state index contributed by atoms with van der Waals surface area (Å²) in [6.45, 7) is 11.0. The normalized spacial score (nSPS) is 14.7. The van der Waals surface area contributed by atoms with Crippen molar-refractivity contribution in [2.45, 2.75) is 45.2 Å². The molecule has 0 aliphatic carbocycles. The van der Waals surface area contributed by atoms with Crippen LogP contribution in [-0.2, 0) is 11.2 Å². The van der Waals surface area contributed by atoms with Crippen LogP contribution in [0.1, 0.15) is 47.3 Å². The molecule has 0 spiro atoms. The monoisotopic (exact) mass is 482 g/mol. The number of fused-ring (bicyclic) bond motifs is 1. The molecule has 4 rings (SSSR count). The van der Waals surface area contributed by atoms with Gasteiger partial charge in [0.1, 0.15) is 0 Å². The molecule has 1 saturated heterocycles. The quantitative estimate of drug-likeness (QED) is 0.324. The number of likely N-dealkylation sites (tertiary alicyclic amines) is 1. The number of alkyl halides is 3. The molecule has 3 aromatic rings. The fourth-order valence-corrected chi connectivity index (χ4v) is 4.60. The summed E-state index contributed by atoms with van der Waals surface area (Å²) in [6.07, 6.45) is -0.942. The molecule has 35 heavy (non-hydrogen) atoms. The lowest BCUT2D eigenvalue weighted by molar-refractivity contribution is -0.171. The Hall–Kier alpha value is -3.51. The largest absolute Gasteiger partial charge is 0.449 e. The minimum Gasteiger partial charge on any atom is -0.312 e. The Bertz CT molecular complexity index is 1300. The summed E-state index contributed by atoms with van der Waals surface area (Å²) in [5.41, 5.74) is 3.87. The van der Waals surface area contributed by atoms with Crippen LogP contribution in [0.25, 0.3) is 21.6 Å². The Kier molecular flexibility index (Phi) is 7.03. The first kappa shape index (κ1) is 24.6. The van der Waals surface area contributed by atoms with Gasteiger partial charge in [0.05, 0.1) is 29.7 Å². The number of ketones is 2. The third-order valence-electron chi connectivity index (χ3n) is 6.39. The van der Waals surface area contributed by atoms with Crippen LogP contribution in [0, 0.1) is 13.5 Å². The van der Waals surface area contributed by atoms with Crippen molar-refractivity contribution in [3.63, 3.8) is 0 Å². The van der Waals surface area contributed by atoms with E-state index in [0.717, 1.165) is 32.4 Å². The molecule has 0 amide bonds. The average molecular weight is 483 g/mol. The van der Waals surface area contributed by atoms with E-state index in [1.807, 2.05) is 11.5 Å². The molecule has 9 heteroatoms. The first-order valence-corrected chi connectivity index (χ1v) is 11.5. The van der Waals surface area contributed by atoms with E-state index in [4.69, 9.17) is 6.57 Å². The molecule has 0 saturated carbocycles. The molecule has 0 radical (unpaired) electrons. The number of aromatic nitrogens is 2. The lowest BCUT2D eigenvalue weighted by Gasteiger charge is -2.25. The van der Waals surface area contributed by atoms with Gasteiger partial charge < -0.3 is 4.57 Å². The number of hydrogen-bond acceptors (Lipinski definition) is 4. The van der Waals surface area contributed by atoms with Gasteiger partial charge in [-0.1, -0.05) is 18.6 Å². The fraction of sp³-hybridized carbons (Fsp3) is 0.385. The third kappa shape index (κ3) is 5.28. The first-order valence-electron chi connectivity index (χ1n) is 11.5. The third-order valence-corrected chi connectivity index (χ3v) is 6.39. The van der Waals surface area contributed by atoms with E-state index in [1.54, 1.807) is 30.3 Å². The Morgan fingerprint density at radius 3 is 2.43 bits per heavy atom. The van der Waals surface area contributed by atoms with Crippen molar-refractivity contribution in [3.05, 3.63) is 64.8 Å². The second kappa shape index (κ2) is 10.0. The Morgan fingerprint density at radius 1 is 1.11 bits per heavy atom. The zero-order chi connectivity index (χ0) is 25.2. The number of rotatable bonds is 7. The maximum atomic E-state index is 13.4. The number of piperidine rings is 1. The van der Waals surface area contributed by atoms with Gasteiger partial charge in [-0.15, -0.1) is 0 Å². The van der Waals surface area contributed by atoms with Crippen molar-refractivity contribution in [1.29, 1.82) is 0 Å². The van der Waals surface area contributed by atoms with E-state index in [2.05, 4.69) is 14.7 Å². The molecule has 1 aliphatic rings. The molecule has 1 aliphatic heterocycles. The number of nitrogens with zero attached hydrogens (tertiary/aromatic N) is 4. The zero-order valence-corrected chi connectivity index (χ0v) is 19.4. The van der Waals surface area contributed by atoms with Crippen molar-refractivity contribution in [1.82, 2.24) is 14.5 Å². The minimum absolute atomic E-state index is 0.0570. The van der Waals surface area contributed by atoms with Crippen LogP contribution >= 0.6 is 0 Å². The summed E-state index contributed by atoms with van der Waals surface area (Å²) in [7, 11) is 0. The molecule has 3 heterocycles. The van der Waals surface area contributed by atoms with Crippen LogP contribution in [0.5, 0.6) is 0 Å². The molecular weight excluding hydrogens is 457 g/mol. The second-order valence-electron chi connectivity index (χ2n) is 8.82. The van der Waals surface area contributed by atoms with Crippen LogP contribution in [0.2, 0.25) is 0 Å². The van der Waals surface area contributed by atoms with Gasteiger partial charge in [0, 0.05) is 24.0 Å². The highest BCUT2D eigenvalue weighted by molar-refractivity contribution is 6.09. The van der Waals surface area contributed by atoms with Crippen molar-refractivity contribution >= 4 is 28.3 Å². The van der Waals surface area contributed by atoms with Gasteiger partial charge in [0.25, 0.3) is 0 Å². The number of aryl methyl sites for hydroxylation is 1. The smallest absolute Gasteiger partial charge is 0.312 e. The second-order valence-corrected chi connectivity index (χ2v) is 8.82. The van der Waals surface area contributed by atoms with E-state index in [1.165, 1.54) is 6.20 Å². The predicted molar refractivity (Wildman–Crippen MR) is 126 cm³/mol. The van der Waals surface area contributed by atoms with E-state index in [0.29, 0.717) is 39.2 Å². The number of carbonyl (C=O) groups is 2. The Morgan fingerprint density at radius 2 is 1.80 bits per heavy atom. The summed E-state index contributed by atoms with van der Waals surface area (Å²) in [6, 6.07) is 8.56. The molecule has 1 fully saturated rings. The average Bonchev–Trinajstić information content (AvgIpc) is 3.13. The Balaban J connectivity index is 1.76. The number of hydrogen-bond donors (Lipinski definition) is 0. The molecule has 6 nitrogen and oxygen atoms in total. The molecule has 1 aromatic carbocycles. The van der Waals surface area contributed by atoms with Crippen molar-refractivity contribution < 1.29 is 22.8 Å². The van der Waals surface area contributed by atoms with Gasteiger partial charge in [-0.25, -0.2) is 4.85 Å². The highest BCUT2D eigenvalue weighted by Crippen LogP contribution is 2.31. The predicted octanol–water partition coefficient (Wildman–Crippen LogP) is 5.62. The summed E-state index contributed by atoms with van der Waals surface area (Å²) >= 11 is 0. The highest BCUT2D eigenvalue weighted by Gasteiger charge is 2.37. The number of halogens is 3. The number of pyridine rings is 1.